The lowest BCUT2D eigenvalue weighted by Crippen LogP contribution is -2.39. The van der Waals surface area contributed by atoms with Gasteiger partial charge in [-0.1, -0.05) is 12.8 Å². The molecule has 2 atom stereocenters. The zero-order valence-electron chi connectivity index (χ0n) is 11.1. The molecule has 1 fully saturated rings. The first-order valence-electron chi connectivity index (χ1n) is 6.73. The van der Waals surface area contributed by atoms with E-state index in [1.54, 1.807) is 0 Å². The molecule has 3 N–H and O–H groups in total. The number of hydrogen-bond acceptors (Lipinski definition) is 4. The van der Waals surface area contributed by atoms with Gasteiger partial charge in [0, 0.05) is 18.9 Å². The molecule has 1 aliphatic carbocycles. The van der Waals surface area contributed by atoms with E-state index >= 15 is 0 Å². The molecule has 104 valence electrons. The number of nitrogens with two attached hydrogens (primary N) is 1. The van der Waals surface area contributed by atoms with Crippen LogP contribution in [-0.4, -0.2) is 32.1 Å². The Bertz CT molecular complexity index is 281. The number of amides is 1. The van der Waals surface area contributed by atoms with Crippen LogP contribution in [0.25, 0.3) is 0 Å². The predicted octanol–water partition coefficient (Wildman–Crippen LogP) is 0.821. The molecule has 0 spiro atoms. The summed E-state index contributed by atoms with van der Waals surface area (Å²) in [6.45, 7) is 1.11. The summed E-state index contributed by atoms with van der Waals surface area (Å²) in [5, 5.41) is 2.89. The minimum absolute atomic E-state index is 0.0573. The second kappa shape index (κ2) is 8.08. The van der Waals surface area contributed by atoms with Crippen molar-refractivity contribution in [1.82, 2.24) is 5.32 Å². The Hall–Kier alpha value is -1.10. The second-order valence-corrected chi connectivity index (χ2v) is 4.86. The molecule has 0 aromatic carbocycles. The van der Waals surface area contributed by atoms with Crippen molar-refractivity contribution in [2.45, 2.75) is 38.5 Å². The van der Waals surface area contributed by atoms with Crippen LogP contribution < -0.4 is 11.1 Å². The van der Waals surface area contributed by atoms with E-state index in [2.05, 4.69) is 10.1 Å². The van der Waals surface area contributed by atoms with Gasteiger partial charge in [0.1, 0.15) is 0 Å². The average molecular weight is 256 g/mol. The normalized spacial score (nSPS) is 23.4. The Morgan fingerprint density at radius 1 is 1.33 bits per heavy atom. The summed E-state index contributed by atoms with van der Waals surface area (Å²) in [6.07, 6.45) is 5.24. The molecule has 1 amide bonds. The molecule has 5 nitrogen and oxygen atoms in total. The molecular formula is C13H24N2O3. The summed E-state index contributed by atoms with van der Waals surface area (Å²) >= 11 is 0. The van der Waals surface area contributed by atoms with Gasteiger partial charge in [-0.05, 0) is 31.7 Å². The summed E-state index contributed by atoms with van der Waals surface area (Å²) in [4.78, 5) is 22.9. The maximum absolute atomic E-state index is 12.0. The number of methoxy groups -OCH3 is 1. The smallest absolute Gasteiger partial charge is 0.305 e. The van der Waals surface area contributed by atoms with E-state index < -0.39 is 0 Å². The predicted molar refractivity (Wildman–Crippen MR) is 68.8 cm³/mol. The molecule has 1 saturated carbocycles. The van der Waals surface area contributed by atoms with Crippen molar-refractivity contribution in [3.05, 3.63) is 0 Å². The minimum Gasteiger partial charge on any atom is -0.469 e. The van der Waals surface area contributed by atoms with Crippen LogP contribution >= 0.6 is 0 Å². The van der Waals surface area contributed by atoms with Gasteiger partial charge in [-0.2, -0.15) is 0 Å². The zero-order chi connectivity index (χ0) is 13.4. The van der Waals surface area contributed by atoms with Crippen LogP contribution in [0.4, 0.5) is 0 Å². The fraction of sp³-hybridized carbons (Fsp3) is 0.846. The zero-order valence-corrected chi connectivity index (χ0v) is 11.1. The van der Waals surface area contributed by atoms with Gasteiger partial charge < -0.3 is 15.8 Å². The molecular weight excluding hydrogens is 232 g/mol. The maximum atomic E-state index is 12.0. The topological polar surface area (TPSA) is 81.4 Å². The van der Waals surface area contributed by atoms with Gasteiger partial charge in [0.05, 0.1) is 7.11 Å². The van der Waals surface area contributed by atoms with Crippen molar-refractivity contribution in [2.75, 3.05) is 20.2 Å². The quantitative estimate of drug-likeness (QED) is 0.544. The second-order valence-electron chi connectivity index (χ2n) is 4.86. The van der Waals surface area contributed by atoms with Crippen molar-refractivity contribution in [2.24, 2.45) is 17.6 Å². The van der Waals surface area contributed by atoms with E-state index in [4.69, 9.17) is 5.73 Å². The van der Waals surface area contributed by atoms with Crippen molar-refractivity contribution in [1.29, 1.82) is 0 Å². The summed E-state index contributed by atoms with van der Waals surface area (Å²) in [6, 6.07) is 0. The molecule has 2 unspecified atom stereocenters. The first-order valence-corrected chi connectivity index (χ1v) is 6.73. The summed E-state index contributed by atoms with van der Waals surface area (Å²) in [5.74, 6) is 0.234. The van der Waals surface area contributed by atoms with Crippen molar-refractivity contribution < 1.29 is 14.3 Å². The van der Waals surface area contributed by atoms with Crippen LogP contribution in [0.15, 0.2) is 0 Å². The summed E-state index contributed by atoms with van der Waals surface area (Å²) < 4.78 is 4.54. The Kier molecular flexibility index (Phi) is 6.72. The molecule has 18 heavy (non-hydrogen) atoms. The Balaban J connectivity index is 2.24. The number of ether oxygens (including phenoxy) is 1. The molecule has 1 aliphatic rings. The number of hydrogen-bond donors (Lipinski definition) is 2. The summed E-state index contributed by atoms with van der Waals surface area (Å²) in [7, 11) is 1.37. The lowest BCUT2D eigenvalue weighted by molar-refractivity contribution is -0.140. The number of esters is 1. The lowest BCUT2D eigenvalue weighted by atomic mass is 9.79. The van der Waals surface area contributed by atoms with E-state index in [0.717, 1.165) is 19.3 Å². The third-order valence-electron chi connectivity index (χ3n) is 3.63. The molecule has 0 radical (unpaired) electrons. The number of carbonyl (C=O) groups excluding carboxylic acids is 2. The van der Waals surface area contributed by atoms with E-state index in [-0.39, 0.29) is 17.8 Å². The molecule has 0 aromatic rings. The Morgan fingerprint density at radius 2 is 2.06 bits per heavy atom. The molecule has 0 bridgehead atoms. The number of nitrogens with one attached hydrogen (secondary N) is 1. The van der Waals surface area contributed by atoms with E-state index in [0.29, 0.717) is 31.8 Å². The van der Waals surface area contributed by atoms with Crippen LogP contribution in [0.5, 0.6) is 0 Å². The number of carbonyl (C=O) groups is 2. The SMILES string of the molecule is COC(=O)CCCNC(=O)C1CCCCC1CN. The van der Waals surface area contributed by atoms with Crippen LogP contribution in [0, 0.1) is 11.8 Å². The lowest BCUT2D eigenvalue weighted by Gasteiger charge is -2.29. The maximum Gasteiger partial charge on any atom is 0.305 e. The van der Waals surface area contributed by atoms with Gasteiger partial charge in [-0.25, -0.2) is 0 Å². The van der Waals surface area contributed by atoms with Gasteiger partial charge in [-0.15, -0.1) is 0 Å². The van der Waals surface area contributed by atoms with Gasteiger partial charge in [0.2, 0.25) is 5.91 Å². The van der Waals surface area contributed by atoms with Crippen LogP contribution in [-0.2, 0) is 14.3 Å². The molecule has 0 heterocycles. The van der Waals surface area contributed by atoms with Crippen LogP contribution in [0.3, 0.4) is 0 Å². The molecule has 0 aliphatic heterocycles. The molecule has 0 saturated heterocycles. The highest BCUT2D eigenvalue weighted by Gasteiger charge is 2.29. The fourth-order valence-electron chi connectivity index (χ4n) is 2.51. The van der Waals surface area contributed by atoms with E-state index in [9.17, 15) is 9.59 Å². The van der Waals surface area contributed by atoms with Gasteiger partial charge in [-0.3, -0.25) is 9.59 Å². The van der Waals surface area contributed by atoms with E-state index in [1.165, 1.54) is 13.5 Å². The largest absolute Gasteiger partial charge is 0.469 e. The van der Waals surface area contributed by atoms with Gasteiger partial charge >= 0.3 is 5.97 Å². The average Bonchev–Trinajstić information content (AvgIpc) is 2.42. The van der Waals surface area contributed by atoms with Crippen LogP contribution in [0.2, 0.25) is 0 Å². The Morgan fingerprint density at radius 3 is 2.72 bits per heavy atom. The third-order valence-corrected chi connectivity index (χ3v) is 3.63. The molecule has 5 heteroatoms. The minimum atomic E-state index is -0.234. The van der Waals surface area contributed by atoms with Gasteiger partial charge in [0.15, 0.2) is 0 Å². The Labute approximate surface area is 108 Å². The van der Waals surface area contributed by atoms with Crippen molar-refractivity contribution >= 4 is 11.9 Å². The monoisotopic (exact) mass is 256 g/mol. The molecule has 0 aromatic heterocycles. The highest BCUT2D eigenvalue weighted by atomic mass is 16.5. The van der Waals surface area contributed by atoms with Gasteiger partial charge in [0.25, 0.3) is 0 Å². The molecule has 1 rings (SSSR count). The highest BCUT2D eigenvalue weighted by Crippen LogP contribution is 2.29. The van der Waals surface area contributed by atoms with Crippen molar-refractivity contribution in [3.8, 4) is 0 Å². The van der Waals surface area contributed by atoms with Crippen molar-refractivity contribution in [3.63, 3.8) is 0 Å². The van der Waals surface area contributed by atoms with E-state index in [1.807, 2.05) is 0 Å². The summed E-state index contributed by atoms with van der Waals surface area (Å²) in [5.41, 5.74) is 5.70. The third kappa shape index (κ3) is 4.64. The standard InChI is InChI=1S/C13H24N2O3/c1-18-12(16)7-4-8-15-13(17)11-6-3-2-5-10(11)9-14/h10-11H,2-9,14H2,1H3,(H,15,17). The first kappa shape index (κ1) is 15.0. The highest BCUT2D eigenvalue weighted by molar-refractivity contribution is 5.79. The van der Waals surface area contributed by atoms with Crippen LogP contribution in [0.1, 0.15) is 38.5 Å². The first-order chi connectivity index (χ1) is 8.69. The fourth-order valence-corrected chi connectivity index (χ4v) is 2.51. The number of rotatable bonds is 6.